The van der Waals surface area contributed by atoms with Crippen molar-refractivity contribution in [1.29, 1.82) is 0 Å². The topological polar surface area (TPSA) is 24.4 Å². The number of anilines is 1. The van der Waals surface area contributed by atoms with Crippen LogP contribution < -0.4 is 15.9 Å². The fourth-order valence-electron chi connectivity index (χ4n) is 3.36. The Balaban J connectivity index is 1.73. The van der Waals surface area contributed by atoms with Crippen LogP contribution in [-0.4, -0.2) is 12.8 Å². The zero-order valence-corrected chi connectivity index (χ0v) is 16.4. The molecular weight excluding hydrogens is 347 g/mol. The monoisotopic (exact) mass is 370 g/mol. The Kier molecular flexibility index (Phi) is 5.46. The van der Waals surface area contributed by atoms with Gasteiger partial charge in [-0.15, -0.1) is 0 Å². The maximum atomic E-state index is 5.02. The van der Waals surface area contributed by atoms with Crippen LogP contribution in [0.4, 0.5) is 11.4 Å². The molecule has 0 heterocycles. The Morgan fingerprint density at radius 2 is 1.37 bits per heavy atom. The van der Waals surface area contributed by atoms with E-state index in [2.05, 4.69) is 96.3 Å². The summed E-state index contributed by atoms with van der Waals surface area (Å²) in [5, 5.41) is 7.32. The number of rotatable bonds is 5. The number of nitrogens with zero attached hydrogens (tertiary/aromatic N) is 1. The average molecular weight is 370 g/mol. The van der Waals surface area contributed by atoms with Crippen molar-refractivity contribution < 1.29 is 0 Å². The lowest BCUT2D eigenvalue weighted by molar-refractivity contribution is 1.14. The Morgan fingerprint density at radius 3 is 1.93 bits per heavy atom. The van der Waals surface area contributed by atoms with Gasteiger partial charge in [-0.1, -0.05) is 66.7 Å². The van der Waals surface area contributed by atoms with Crippen LogP contribution in [0.5, 0.6) is 0 Å². The second-order valence-electron chi connectivity index (χ2n) is 6.49. The summed E-state index contributed by atoms with van der Waals surface area (Å²) >= 11 is 0. The van der Waals surface area contributed by atoms with Gasteiger partial charge in [0, 0.05) is 23.8 Å². The summed E-state index contributed by atoms with van der Waals surface area (Å²) in [6.45, 7) is 0. The largest absolute Gasteiger partial charge is 0.388 e. The third-order valence-electron chi connectivity index (χ3n) is 4.70. The normalized spacial score (nSPS) is 15.2. The zero-order chi connectivity index (χ0) is 18.5. The van der Waals surface area contributed by atoms with Crippen molar-refractivity contribution in [3.8, 4) is 0 Å². The molecule has 0 aliphatic heterocycles. The van der Waals surface area contributed by atoms with Crippen molar-refractivity contribution >= 4 is 35.6 Å². The van der Waals surface area contributed by atoms with Gasteiger partial charge in [-0.25, -0.2) is 0 Å². The summed E-state index contributed by atoms with van der Waals surface area (Å²) in [6, 6.07) is 30.0. The van der Waals surface area contributed by atoms with E-state index in [1.807, 2.05) is 7.05 Å². The van der Waals surface area contributed by atoms with Crippen molar-refractivity contribution in [1.82, 2.24) is 0 Å². The number of benzene rings is 3. The maximum Gasteiger partial charge on any atom is 0.0634 e. The van der Waals surface area contributed by atoms with E-state index in [1.54, 1.807) is 0 Å². The third-order valence-corrected chi connectivity index (χ3v) is 7.26. The van der Waals surface area contributed by atoms with Gasteiger partial charge < -0.3 is 5.32 Å². The van der Waals surface area contributed by atoms with E-state index in [1.165, 1.54) is 21.6 Å². The molecule has 1 aliphatic rings. The fraction of sp³-hybridized carbons (Fsp3) is 0.125. The summed E-state index contributed by atoms with van der Waals surface area (Å²) in [5.74, 6) is 0. The molecule has 0 aromatic heterocycles. The number of allylic oxidation sites excluding steroid dienone is 2. The molecule has 0 amide bonds. The number of hydrogen-bond donors (Lipinski definition) is 1. The van der Waals surface area contributed by atoms with Crippen LogP contribution in [0.25, 0.3) is 0 Å². The Labute approximate surface area is 162 Å². The van der Waals surface area contributed by atoms with Crippen LogP contribution in [0.15, 0.2) is 101 Å². The van der Waals surface area contributed by atoms with E-state index in [9.17, 15) is 0 Å². The van der Waals surface area contributed by atoms with Crippen molar-refractivity contribution in [3.63, 3.8) is 0 Å². The molecule has 0 bridgehead atoms. The van der Waals surface area contributed by atoms with Crippen LogP contribution in [-0.2, 0) is 0 Å². The molecule has 1 aliphatic carbocycles. The highest BCUT2D eigenvalue weighted by Gasteiger charge is 2.25. The zero-order valence-electron chi connectivity index (χ0n) is 15.5. The number of nitrogens with one attached hydrogen (secondary N) is 1. The van der Waals surface area contributed by atoms with Crippen molar-refractivity contribution in [3.05, 3.63) is 96.3 Å². The quantitative estimate of drug-likeness (QED) is 0.580. The Morgan fingerprint density at radius 1 is 0.778 bits per heavy atom. The molecule has 0 atom stereocenters. The summed E-state index contributed by atoms with van der Waals surface area (Å²) in [5.41, 5.74) is 3.36. The first-order chi connectivity index (χ1) is 13.3. The van der Waals surface area contributed by atoms with Crippen molar-refractivity contribution in [2.45, 2.75) is 12.8 Å². The van der Waals surface area contributed by atoms with Crippen molar-refractivity contribution in [2.75, 3.05) is 12.4 Å². The molecule has 3 aromatic rings. The maximum absolute atomic E-state index is 5.02. The van der Waals surface area contributed by atoms with Crippen LogP contribution in [0.1, 0.15) is 12.8 Å². The molecule has 2 nitrogen and oxygen atoms in total. The van der Waals surface area contributed by atoms with Crippen LogP contribution >= 0.6 is 7.92 Å². The number of aliphatic imine (C=N–C) groups is 1. The first-order valence-electron chi connectivity index (χ1n) is 9.31. The molecular formula is C24H23N2P. The molecule has 0 saturated heterocycles. The smallest absolute Gasteiger partial charge is 0.0634 e. The molecule has 0 spiro atoms. The lowest BCUT2D eigenvalue weighted by atomic mass is 10.2. The average Bonchev–Trinajstić information content (AvgIpc) is 3.18. The summed E-state index contributed by atoms with van der Waals surface area (Å²) in [7, 11) is 1.36. The van der Waals surface area contributed by atoms with Gasteiger partial charge in [0.2, 0.25) is 0 Å². The first kappa shape index (κ1) is 17.7. The van der Waals surface area contributed by atoms with E-state index in [0.717, 1.165) is 24.2 Å². The molecule has 1 N–H and O–H groups in total. The lowest BCUT2D eigenvalue weighted by Gasteiger charge is -2.21. The molecule has 3 aromatic carbocycles. The van der Waals surface area contributed by atoms with E-state index < -0.39 is 7.92 Å². The highest BCUT2D eigenvalue weighted by molar-refractivity contribution is 7.78. The third kappa shape index (κ3) is 4.02. The predicted molar refractivity (Wildman–Crippen MR) is 119 cm³/mol. The van der Waals surface area contributed by atoms with Gasteiger partial charge in [0.05, 0.1) is 5.69 Å². The SMILES string of the molecule is CNc1ccc(N=C2CCC=C2P(c2ccccc2)c2ccccc2)cc1. The summed E-state index contributed by atoms with van der Waals surface area (Å²) in [6.07, 6.45) is 4.48. The molecule has 134 valence electrons. The molecule has 0 fully saturated rings. The predicted octanol–water partition coefficient (Wildman–Crippen LogP) is 5.61. The Bertz CT molecular complexity index is 905. The van der Waals surface area contributed by atoms with Gasteiger partial charge in [-0.3, -0.25) is 4.99 Å². The highest BCUT2D eigenvalue weighted by atomic mass is 31.1. The minimum Gasteiger partial charge on any atom is -0.388 e. The van der Waals surface area contributed by atoms with Gasteiger partial charge in [-0.05, 0) is 55.6 Å². The second-order valence-corrected chi connectivity index (χ2v) is 8.68. The summed E-state index contributed by atoms with van der Waals surface area (Å²) < 4.78 is 0. The molecule has 4 rings (SSSR count). The lowest BCUT2D eigenvalue weighted by Crippen LogP contribution is -2.15. The van der Waals surface area contributed by atoms with Gasteiger partial charge in [0.25, 0.3) is 0 Å². The van der Waals surface area contributed by atoms with Crippen molar-refractivity contribution in [2.24, 2.45) is 4.99 Å². The molecule has 0 radical (unpaired) electrons. The second kappa shape index (κ2) is 8.33. The van der Waals surface area contributed by atoms with Gasteiger partial charge in [-0.2, -0.15) is 0 Å². The highest BCUT2D eigenvalue weighted by Crippen LogP contribution is 2.47. The number of hydrogen-bond acceptors (Lipinski definition) is 2. The van der Waals surface area contributed by atoms with Crippen LogP contribution in [0.2, 0.25) is 0 Å². The molecule has 3 heteroatoms. The fourth-order valence-corrected chi connectivity index (χ4v) is 5.89. The van der Waals surface area contributed by atoms with Gasteiger partial charge >= 0.3 is 0 Å². The van der Waals surface area contributed by atoms with Crippen LogP contribution in [0.3, 0.4) is 0 Å². The van der Waals surface area contributed by atoms with E-state index in [0.29, 0.717) is 0 Å². The van der Waals surface area contributed by atoms with Gasteiger partial charge in [0.1, 0.15) is 0 Å². The standard InChI is InChI=1S/C24H23N2P/c1-25-19-15-17-20(18-16-19)26-23-13-8-14-24(23)27(21-9-4-2-5-10-21)22-11-6-3-7-12-22/h2-7,9-12,14-18,25H,8,13H2,1H3. The van der Waals surface area contributed by atoms with E-state index >= 15 is 0 Å². The summed E-state index contributed by atoms with van der Waals surface area (Å²) in [4.78, 5) is 5.02. The molecule has 0 unspecified atom stereocenters. The van der Waals surface area contributed by atoms with E-state index in [4.69, 9.17) is 4.99 Å². The minimum atomic E-state index is -0.579. The van der Waals surface area contributed by atoms with Gasteiger partial charge in [0.15, 0.2) is 0 Å². The molecule has 0 saturated carbocycles. The molecule has 27 heavy (non-hydrogen) atoms. The van der Waals surface area contributed by atoms with E-state index in [-0.39, 0.29) is 0 Å². The Hall–Kier alpha value is -2.70. The first-order valence-corrected chi connectivity index (χ1v) is 10.7. The minimum absolute atomic E-state index is 0.579. The van der Waals surface area contributed by atoms with Crippen LogP contribution in [0, 0.1) is 0 Å².